The van der Waals surface area contributed by atoms with Crippen LogP contribution < -0.4 is 9.47 Å². The number of urea groups is 1. The SMILES string of the molecule is CCc1cc(C)cc(OCCOc2ccccc2C=C2C(=O)N(C)C(=O)N(C)C2=O)c1. The van der Waals surface area contributed by atoms with Crippen molar-refractivity contribution in [3.63, 3.8) is 0 Å². The van der Waals surface area contributed by atoms with Gasteiger partial charge < -0.3 is 9.47 Å². The molecule has 1 saturated heterocycles. The van der Waals surface area contributed by atoms with Crippen molar-refractivity contribution < 1.29 is 23.9 Å². The number of likely N-dealkylation sites (N-methyl/N-ethyl adjacent to an activating group) is 2. The Kier molecular flexibility index (Phi) is 6.74. The standard InChI is InChI=1S/C24H26N2O5/c1-5-17-12-16(2)13-19(14-17)30-10-11-31-21-9-7-6-8-18(21)15-20-22(27)25(3)24(29)26(4)23(20)28/h6-9,12-15H,5,10-11H2,1-4H3. The fourth-order valence-electron chi connectivity index (χ4n) is 3.28. The van der Waals surface area contributed by atoms with Gasteiger partial charge >= 0.3 is 6.03 Å². The quantitative estimate of drug-likeness (QED) is 0.388. The third-order valence-electron chi connectivity index (χ3n) is 4.99. The van der Waals surface area contributed by atoms with Gasteiger partial charge in [0.05, 0.1) is 0 Å². The van der Waals surface area contributed by atoms with E-state index in [1.54, 1.807) is 24.3 Å². The highest BCUT2D eigenvalue weighted by molar-refractivity contribution is 6.30. The number of para-hydroxylation sites is 1. The van der Waals surface area contributed by atoms with Gasteiger partial charge in [0.25, 0.3) is 11.8 Å². The largest absolute Gasteiger partial charge is 0.490 e. The summed E-state index contributed by atoms with van der Waals surface area (Å²) in [4.78, 5) is 38.6. The normalized spacial score (nSPS) is 14.2. The van der Waals surface area contributed by atoms with Crippen LogP contribution in [0.2, 0.25) is 0 Å². The average molecular weight is 422 g/mol. The van der Waals surface area contributed by atoms with E-state index in [-0.39, 0.29) is 12.2 Å². The van der Waals surface area contributed by atoms with Gasteiger partial charge in [-0.25, -0.2) is 4.79 Å². The summed E-state index contributed by atoms with van der Waals surface area (Å²) in [5.41, 5.74) is 2.83. The van der Waals surface area contributed by atoms with Crippen LogP contribution >= 0.6 is 0 Å². The van der Waals surface area contributed by atoms with Gasteiger partial charge in [0, 0.05) is 19.7 Å². The Morgan fingerprint density at radius 3 is 2.23 bits per heavy atom. The molecular formula is C24H26N2O5. The second-order valence-corrected chi connectivity index (χ2v) is 7.31. The second-order valence-electron chi connectivity index (χ2n) is 7.31. The summed E-state index contributed by atoms with van der Waals surface area (Å²) >= 11 is 0. The van der Waals surface area contributed by atoms with Gasteiger partial charge in [0.2, 0.25) is 0 Å². The van der Waals surface area contributed by atoms with Crippen molar-refractivity contribution in [3.05, 3.63) is 64.7 Å². The summed E-state index contributed by atoms with van der Waals surface area (Å²) in [5.74, 6) is 0.0275. The van der Waals surface area contributed by atoms with Gasteiger partial charge in [-0.15, -0.1) is 0 Å². The van der Waals surface area contributed by atoms with Crippen LogP contribution in [0.25, 0.3) is 6.08 Å². The number of imide groups is 2. The van der Waals surface area contributed by atoms with Crippen LogP contribution in [0.5, 0.6) is 11.5 Å². The van der Waals surface area contributed by atoms with Crippen LogP contribution in [-0.2, 0) is 16.0 Å². The number of carbonyl (C=O) groups is 3. The lowest BCUT2D eigenvalue weighted by atomic mass is 10.1. The fourth-order valence-corrected chi connectivity index (χ4v) is 3.28. The minimum Gasteiger partial charge on any atom is -0.490 e. The van der Waals surface area contributed by atoms with Crippen molar-refractivity contribution in [3.8, 4) is 11.5 Å². The Bertz CT molecular complexity index is 1020. The number of amides is 4. The van der Waals surface area contributed by atoms with Crippen molar-refractivity contribution in [2.45, 2.75) is 20.3 Å². The number of benzene rings is 2. The Hall–Kier alpha value is -3.61. The van der Waals surface area contributed by atoms with Crippen LogP contribution in [-0.4, -0.2) is 55.0 Å². The molecule has 7 nitrogen and oxygen atoms in total. The van der Waals surface area contributed by atoms with Crippen molar-refractivity contribution in [2.24, 2.45) is 0 Å². The lowest BCUT2D eigenvalue weighted by Gasteiger charge is -2.29. The van der Waals surface area contributed by atoms with E-state index < -0.39 is 17.8 Å². The first-order valence-electron chi connectivity index (χ1n) is 10.1. The first-order valence-corrected chi connectivity index (χ1v) is 10.1. The average Bonchev–Trinajstić information content (AvgIpc) is 2.77. The van der Waals surface area contributed by atoms with Crippen LogP contribution in [0.1, 0.15) is 23.6 Å². The van der Waals surface area contributed by atoms with E-state index in [0.29, 0.717) is 17.9 Å². The second kappa shape index (κ2) is 9.47. The number of ether oxygens (including phenoxy) is 2. The number of hydrogen-bond donors (Lipinski definition) is 0. The molecule has 0 spiro atoms. The van der Waals surface area contributed by atoms with Crippen LogP contribution in [0.3, 0.4) is 0 Å². The molecule has 1 aliphatic rings. The molecule has 0 aliphatic carbocycles. The molecule has 31 heavy (non-hydrogen) atoms. The molecule has 0 saturated carbocycles. The van der Waals surface area contributed by atoms with Gasteiger partial charge in [-0.3, -0.25) is 19.4 Å². The molecule has 0 unspecified atom stereocenters. The van der Waals surface area contributed by atoms with E-state index in [4.69, 9.17) is 9.47 Å². The van der Waals surface area contributed by atoms with Crippen molar-refractivity contribution in [1.29, 1.82) is 0 Å². The highest BCUT2D eigenvalue weighted by Gasteiger charge is 2.37. The zero-order chi connectivity index (χ0) is 22.5. The molecule has 1 fully saturated rings. The summed E-state index contributed by atoms with van der Waals surface area (Å²) in [5, 5.41) is 0. The van der Waals surface area contributed by atoms with E-state index >= 15 is 0 Å². The Morgan fingerprint density at radius 2 is 1.55 bits per heavy atom. The number of rotatable bonds is 7. The first kappa shape index (κ1) is 22.1. The summed E-state index contributed by atoms with van der Waals surface area (Å²) in [6.07, 6.45) is 2.39. The third-order valence-corrected chi connectivity index (χ3v) is 4.99. The van der Waals surface area contributed by atoms with Gasteiger partial charge in [-0.2, -0.15) is 0 Å². The summed E-state index contributed by atoms with van der Waals surface area (Å²) in [6, 6.07) is 12.6. The fraction of sp³-hybridized carbons (Fsp3) is 0.292. The molecule has 0 N–H and O–H groups in total. The maximum absolute atomic E-state index is 12.4. The minimum atomic E-state index is -0.656. The monoisotopic (exact) mass is 422 g/mol. The topological polar surface area (TPSA) is 76.2 Å². The lowest BCUT2D eigenvalue weighted by molar-refractivity contribution is -0.134. The zero-order valence-corrected chi connectivity index (χ0v) is 18.2. The maximum Gasteiger partial charge on any atom is 0.333 e. The molecule has 4 amide bonds. The number of nitrogens with zero attached hydrogens (tertiary/aromatic N) is 2. The summed E-state index contributed by atoms with van der Waals surface area (Å²) < 4.78 is 11.7. The molecule has 0 bridgehead atoms. The molecule has 7 heteroatoms. The highest BCUT2D eigenvalue weighted by Crippen LogP contribution is 2.24. The summed E-state index contributed by atoms with van der Waals surface area (Å²) in [7, 11) is 2.69. The number of carbonyl (C=O) groups excluding carboxylic acids is 3. The van der Waals surface area contributed by atoms with Crippen molar-refractivity contribution >= 4 is 23.9 Å². The number of hydrogen-bond acceptors (Lipinski definition) is 5. The van der Waals surface area contributed by atoms with E-state index in [1.165, 1.54) is 25.7 Å². The van der Waals surface area contributed by atoms with Crippen molar-refractivity contribution in [1.82, 2.24) is 9.80 Å². The number of aryl methyl sites for hydroxylation is 2. The Balaban J connectivity index is 1.70. The predicted octanol–water partition coefficient (Wildman–Crippen LogP) is 3.45. The smallest absolute Gasteiger partial charge is 0.333 e. The minimum absolute atomic E-state index is 0.0937. The van der Waals surface area contributed by atoms with Gasteiger partial charge in [0.15, 0.2) is 0 Å². The van der Waals surface area contributed by atoms with Crippen LogP contribution in [0.15, 0.2) is 48.0 Å². The van der Waals surface area contributed by atoms with E-state index in [2.05, 4.69) is 13.0 Å². The highest BCUT2D eigenvalue weighted by atomic mass is 16.5. The predicted molar refractivity (Wildman–Crippen MR) is 117 cm³/mol. The molecule has 1 aliphatic heterocycles. The molecule has 1 heterocycles. The molecular weight excluding hydrogens is 396 g/mol. The van der Waals surface area contributed by atoms with E-state index in [9.17, 15) is 14.4 Å². The number of barbiturate groups is 1. The van der Waals surface area contributed by atoms with E-state index in [1.807, 2.05) is 19.1 Å². The third kappa shape index (κ3) is 4.94. The van der Waals surface area contributed by atoms with E-state index in [0.717, 1.165) is 27.5 Å². The zero-order valence-electron chi connectivity index (χ0n) is 18.2. The van der Waals surface area contributed by atoms with Crippen LogP contribution in [0.4, 0.5) is 4.79 Å². The maximum atomic E-state index is 12.4. The molecule has 3 rings (SSSR count). The molecule has 2 aromatic carbocycles. The van der Waals surface area contributed by atoms with Gasteiger partial charge in [-0.1, -0.05) is 31.2 Å². The molecule has 0 atom stereocenters. The molecule has 162 valence electrons. The van der Waals surface area contributed by atoms with Gasteiger partial charge in [0.1, 0.15) is 30.3 Å². The molecule has 0 aromatic heterocycles. The lowest BCUT2D eigenvalue weighted by Crippen LogP contribution is -2.52. The summed E-state index contributed by atoms with van der Waals surface area (Å²) in [6.45, 7) is 4.76. The van der Waals surface area contributed by atoms with Crippen LogP contribution in [0, 0.1) is 6.92 Å². The Labute approximate surface area is 181 Å². The molecule has 2 aromatic rings. The Morgan fingerprint density at radius 1 is 0.903 bits per heavy atom. The van der Waals surface area contributed by atoms with Crippen molar-refractivity contribution in [2.75, 3.05) is 27.3 Å². The molecule has 0 radical (unpaired) electrons. The van der Waals surface area contributed by atoms with Gasteiger partial charge in [-0.05, 0) is 48.7 Å². The first-order chi connectivity index (χ1) is 14.8.